The summed E-state index contributed by atoms with van der Waals surface area (Å²) in [7, 11) is 4.02. The second-order valence-electron chi connectivity index (χ2n) is 6.99. The molecule has 0 radical (unpaired) electrons. The zero-order chi connectivity index (χ0) is 18.1. The lowest BCUT2D eigenvalue weighted by Gasteiger charge is -2.32. The first-order valence-electron chi connectivity index (χ1n) is 9.10. The predicted octanol–water partition coefficient (Wildman–Crippen LogP) is 0.957. The van der Waals surface area contributed by atoms with Crippen LogP contribution in [0.15, 0.2) is 24.3 Å². The third-order valence-electron chi connectivity index (χ3n) is 5.18. The van der Waals surface area contributed by atoms with Crippen molar-refractivity contribution in [3.8, 4) is 17.0 Å². The Morgan fingerprint density at radius 3 is 2.77 bits per heavy atom. The monoisotopic (exact) mass is 355 g/mol. The Morgan fingerprint density at radius 1 is 1.19 bits per heavy atom. The van der Waals surface area contributed by atoms with Crippen LogP contribution in [0, 0.1) is 0 Å². The van der Waals surface area contributed by atoms with E-state index >= 15 is 0 Å². The largest absolute Gasteiger partial charge is 0.488 e. The molecule has 0 atom stereocenters. The van der Waals surface area contributed by atoms with Crippen LogP contribution in [-0.4, -0.2) is 71.8 Å². The summed E-state index contributed by atoms with van der Waals surface area (Å²) in [6.07, 6.45) is 0. The van der Waals surface area contributed by atoms with Crippen molar-refractivity contribution >= 4 is 5.91 Å². The minimum atomic E-state index is -0.126. The van der Waals surface area contributed by atoms with Crippen LogP contribution in [0.1, 0.15) is 16.1 Å². The summed E-state index contributed by atoms with van der Waals surface area (Å²) < 4.78 is 7.60. The molecule has 1 aromatic heterocycles. The second kappa shape index (κ2) is 7.09. The molecule has 0 unspecified atom stereocenters. The number of carbonyl (C=O) groups is 1. The molecule has 7 nitrogen and oxygen atoms in total. The molecule has 1 aromatic carbocycles. The third kappa shape index (κ3) is 3.20. The molecular weight excluding hydrogens is 330 g/mol. The Kier molecular flexibility index (Phi) is 4.65. The van der Waals surface area contributed by atoms with Crippen LogP contribution >= 0.6 is 0 Å². The summed E-state index contributed by atoms with van der Waals surface area (Å²) in [4.78, 5) is 17.4. The summed E-state index contributed by atoms with van der Waals surface area (Å²) >= 11 is 0. The number of benzene rings is 1. The Labute approximate surface area is 153 Å². The molecule has 1 fully saturated rings. The number of nitrogens with zero attached hydrogens (tertiary/aromatic N) is 4. The number of para-hydroxylation sites is 1. The lowest BCUT2D eigenvalue weighted by molar-refractivity contribution is 0.0933. The molecule has 3 heterocycles. The average Bonchev–Trinajstić information content (AvgIpc) is 3.00. The van der Waals surface area contributed by atoms with Gasteiger partial charge in [0.25, 0.3) is 5.91 Å². The zero-order valence-corrected chi connectivity index (χ0v) is 15.4. The molecule has 2 aromatic rings. The van der Waals surface area contributed by atoms with E-state index in [0.29, 0.717) is 18.8 Å². The summed E-state index contributed by atoms with van der Waals surface area (Å²) in [5, 5.41) is 7.49. The van der Waals surface area contributed by atoms with Gasteiger partial charge in [0, 0.05) is 57.4 Å². The van der Waals surface area contributed by atoms with Crippen LogP contribution in [0.4, 0.5) is 0 Å². The van der Waals surface area contributed by atoms with Gasteiger partial charge in [0.05, 0.1) is 5.69 Å². The van der Waals surface area contributed by atoms with Gasteiger partial charge >= 0.3 is 0 Å². The Hall–Kier alpha value is -2.38. The Morgan fingerprint density at radius 2 is 1.96 bits per heavy atom. The van der Waals surface area contributed by atoms with Crippen molar-refractivity contribution in [2.24, 2.45) is 7.05 Å². The van der Waals surface area contributed by atoms with Gasteiger partial charge in [-0.1, -0.05) is 12.1 Å². The highest BCUT2D eigenvalue weighted by atomic mass is 16.5. The third-order valence-corrected chi connectivity index (χ3v) is 5.18. The number of ether oxygens (including phenoxy) is 1. The van der Waals surface area contributed by atoms with Gasteiger partial charge in [-0.15, -0.1) is 0 Å². The predicted molar refractivity (Wildman–Crippen MR) is 99.2 cm³/mol. The lowest BCUT2D eigenvalue weighted by atomic mass is 10.0. The molecule has 2 aliphatic heterocycles. The number of likely N-dealkylation sites (N-methyl/N-ethyl adjacent to an activating group) is 1. The van der Waals surface area contributed by atoms with E-state index in [1.54, 1.807) is 4.68 Å². The smallest absolute Gasteiger partial charge is 0.272 e. The quantitative estimate of drug-likeness (QED) is 0.885. The van der Waals surface area contributed by atoms with Crippen molar-refractivity contribution in [2.45, 2.75) is 6.61 Å². The maximum Gasteiger partial charge on any atom is 0.272 e. The van der Waals surface area contributed by atoms with E-state index < -0.39 is 0 Å². The number of hydrogen-bond acceptors (Lipinski definition) is 5. The second-order valence-corrected chi connectivity index (χ2v) is 6.99. The molecule has 1 amide bonds. The van der Waals surface area contributed by atoms with Gasteiger partial charge in [-0.2, -0.15) is 5.10 Å². The van der Waals surface area contributed by atoms with Crippen molar-refractivity contribution in [1.29, 1.82) is 0 Å². The maximum atomic E-state index is 12.7. The standard InChI is InChI=1S/C19H25N5O2/c1-22-9-11-24(12-10-22)8-7-20-19(25)17-15-13-26-16-6-4-3-5-14(16)18(15)23(2)21-17/h3-6H,7-13H2,1-2H3,(H,20,25). The summed E-state index contributed by atoms with van der Waals surface area (Å²) in [5.41, 5.74) is 3.29. The molecule has 0 bridgehead atoms. The maximum absolute atomic E-state index is 12.7. The van der Waals surface area contributed by atoms with E-state index in [1.807, 2.05) is 31.3 Å². The molecule has 2 aliphatic rings. The fourth-order valence-electron chi connectivity index (χ4n) is 3.64. The molecule has 0 saturated carbocycles. The number of carbonyl (C=O) groups excluding carboxylic acids is 1. The minimum Gasteiger partial charge on any atom is -0.488 e. The number of aromatic nitrogens is 2. The number of rotatable bonds is 4. The highest BCUT2D eigenvalue weighted by molar-refractivity contribution is 5.96. The number of aryl methyl sites for hydroxylation is 1. The molecule has 4 rings (SSSR count). The first-order chi connectivity index (χ1) is 12.6. The van der Waals surface area contributed by atoms with Crippen LogP contribution < -0.4 is 10.1 Å². The molecule has 1 saturated heterocycles. The number of nitrogens with one attached hydrogen (secondary N) is 1. The average molecular weight is 355 g/mol. The first kappa shape index (κ1) is 17.1. The van der Waals surface area contributed by atoms with Crippen molar-refractivity contribution in [3.05, 3.63) is 35.5 Å². The SMILES string of the molecule is CN1CCN(CCNC(=O)c2nn(C)c3c2COc2ccccc2-3)CC1. The van der Waals surface area contributed by atoms with Crippen LogP contribution in [0.2, 0.25) is 0 Å². The molecular formula is C19H25N5O2. The van der Waals surface area contributed by atoms with Crippen LogP contribution in [-0.2, 0) is 13.7 Å². The Balaban J connectivity index is 1.43. The van der Waals surface area contributed by atoms with Crippen molar-refractivity contribution < 1.29 is 9.53 Å². The molecule has 26 heavy (non-hydrogen) atoms. The molecule has 7 heteroatoms. The number of hydrogen-bond donors (Lipinski definition) is 1. The van der Waals surface area contributed by atoms with Gasteiger partial charge < -0.3 is 15.0 Å². The zero-order valence-electron chi connectivity index (χ0n) is 15.4. The van der Waals surface area contributed by atoms with Gasteiger partial charge in [0.15, 0.2) is 5.69 Å². The van der Waals surface area contributed by atoms with E-state index in [0.717, 1.165) is 55.3 Å². The van der Waals surface area contributed by atoms with E-state index in [-0.39, 0.29) is 5.91 Å². The van der Waals surface area contributed by atoms with E-state index in [4.69, 9.17) is 4.74 Å². The van der Waals surface area contributed by atoms with Gasteiger partial charge in [-0.05, 0) is 19.2 Å². The molecule has 0 aliphatic carbocycles. The van der Waals surface area contributed by atoms with E-state index in [2.05, 4.69) is 27.3 Å². The van der Waals surface area contributed by atoms with Crippen molar-refractivity contribution in [1.82, 2.24) is 24.9 Å². The number of amides is 1. The fraction of sp³-hybridized carbons (Fsp3) is 0.474. The van der Waals surface area contributed by atoms with Gasteiger partial charge in [-0.3, -0.25) is 14.4 Å². The fourth-order valence-corrected chi connectivity index (χ4v) is 3.64. The minimum absolute atomic E-state index is 0.126. The first-order valence-corrected chi connectivity index (χ1v) is 9.10. The van der Waals surface area contributed by atoms with Gasteiger partial charge in [0.2, 0.25) is 0 Å². The van der Waals surface area contributed by atoms with Crippen LogP contribution in [0.3, 0.4) is 0 Å². The summed E-state index contributed by atoms with van der Waals surface area (Å²) in [6.45, 7) is 6.14. The Bertz CT molecular complexity index is 808. The topological polar surface area (TPSA) is 62.6 Å². The molecule has 1 N–H and O–H groups in total. The number of piperazine rings is 1. The highest BCUT2D eigenvalue weighted by Crippen LogP contribution is 2.38. The normalized spacial score (nSPS) is 17.3. The van der Waals surface area contributed by atoms with Gasteiger partial charge in [-0.25, -0.2) is 0 Å². The molecule has 138 valence electrons. The molecule has 0 spiro atoms. The van der Waals surface area contributed by atoms with Gasteiger partial charge in [0.1, 0.15) is 12.4 Å². The van der Waals surface area contributed by atoms with E-state index in [9.17, 15) is 4.79 Å². The highest BCUT2D eigenvalue weighted by Gasteiger charge is 2.28. The van der Waals surface area contributed by atoms with Crippen molar-refractivity contribution in [2.75, 3.05) is 46.3 Å². The van der Waals surface area contributed by atoms with Crippen molar-refractivity contribution in [3.63, 3.8) is 0 Å². The van der Waals surface area contributed by atoms with Crippen LogP contribution in [0.5, 0.6) is 5.75 Å². The van der Waals surface area contributed by atoms with E-state index in [1.165, 1.54) is 0 Å². The summed E-state index contributed by atoms with van der Waals surface area (Å²) in [6, 6.07) is 7.87. The lowest BCUT2D eigenvalue weighted by Crippen LogP contribution is -2.47. The number of fused-ring (bicyclic) bond motifs is 3. The summed E-state index contributed by atoms with van der Waals surface area (Å²) in [5.74, 6) is 0.712. The van der Waals surface area contributed by atoms with Crippen LogP contribution in [0.25, 0.3) is 11.3 Å².